The molecule has 0 radical (unpaired) electrons. The first-order chi connectivity index (χ1) is 8.08. The van der Waals surface area contributed by atoms with Gasteiger partial charge in [-0.05, 0) is 44.0 Å². The van der Waals surface area contributed by atoms with Gasteiger partial charge in [-0.15, -0.1) is 0 Å². The molecule has 1 aliphatic rings. The second-order valence-electron chi connectivity index (χ2n) is 4.18. The van der Waals surface area contributed by atoms with E-state index in [-0.39, 0.29) is 17.8 Å². The average Bonchev–Trinajstić information content (AvgIpc) is 3.12. The van der Waals surface area contributed by atoms with E-state index >= 15 is 0 Å². The van der Waals surface area contributed by atoms with Gasteiger partial charge in [0.2, 0.25) is 5.91 Å². The molecule has 2 unspecified atom stereocenters. The van der Waals surface area contributed by atoms with E-state index in [0.29, 0.717) is 4.90 Å². The first kappa shape index (κ1) is 12.2. The van der Waals surface area contributed by atoms with Crippen LogP contribution >= 0.6 is 0 Å². The zero-order chi connectivity index (χ0) is 12.4. The predicted molar refractivity (Wildman–Crippen MR) is 63.4 cm³/mol. The van der Waals surface area contributed by atoms with Crippen molar-refractivity contribution >= 4 is 16.7 Å². The van der Waals surface area contributed by atoms with Crippen LogP contribution in [0.3, 0.4) is 0 Å². The number of rotatable bonds is 4. The van der Waals surface area contributed by atoms with Crippen molar-refractivity contribution in [3.05, 3.63) is 30.1 Å². The van der Waals surface area contributed by atoms with Crippen molar-refractivity contribution < 1.29 is 13.4 Å². The number of halogens is 1. The van der Waals surface area contributed by atoms with E-state index < -0.39 is 16.0 Å². The minimum Gasteiger partial charge on any atom is -0.352 e. The fourth-order valence-corrected chi connectivity index (χ4v) is 2.49. The van der Waals surface area contributed by atoms with Crippen LogP contribution < -0.4 is 5.32 Å². The maximum Gasteiger partial charge on any atom is 0.236 e. The lowest BCUT2D eigenvalue weighted by Crippen LogP contribution is -2.36. The molecule has 5 heteroatoms. The van der Waals surface area contributed by atoms with Gasteiger partial charge in [-0.3, -0.25) is 9.00 Å². The number of carbonyl (C=O) groups is 1. The van der Waals surface area contributed by atoms with Crippen LogP contribution in [0.5, 0.6) is 0 Å². The molecule has 0 heterocycles. The van der Waals surface area contributed by atoms with Gasteiger partial charge in [0.15, 0.2) is 0 Å². The van der Waals surface area contributed by atoms with Crippen molar-refractivity contribution in [3.63, 3.8) is 0 Å². The lowest BCUT2D eigenvalue weighted by molar-refractivity contribution is -0.120. The second kappa shape index (κ2) is 4.96. The van der Waals surface area contributed by atoms with Gasteiger partial charge in [-0.2, -0.15) is 0 Å². The maximum atomic E-state index is 12.7. The second-order valence-corrected chi connectivity index (χ2v) is 5.95. The molecule has 1 aromatic rings. The molecule has 0 aromatic heterocycles. The predicted octanol–water partition coefficient (Wildman–Crippen LogP) is 1.60. The number of hydrogen-bond donors (Lipinski definition) is 1. The first-order valence-corrected chi connectivity index (χ1v) is 6.76. The first-order valence-electron chi connectivity index (χ1n) is 5.54. The molecular formula is C12H14FNO2S. The highest BCUT2D eigenvalue weighted by atomic mass is 32.2. The smallest absolute Gasteiger partial charge is 0.236 e. The summed E-state index contributed by atoms with van der Waals surface area (Å²) in [6.07, 6.45) is 2.00. The lowest BCUT2D eigenvalue weighted by atomic mass is 10.3. The Morgan fingerprint density at radius 1 is 1.41 bits per heavy atom. The van der Waals surface area contributed by atoms with Crippen LogP contribution in [0.2, 0.25) is 0 Å². The van der Waals surface area contributed by atoms with Crippen molar-refractivity contribution in [2.45, 2.75) is 36.0 Å². The molecule has 0 spiro atoms. The molecule has 1 aliphatic carbocycles. The molecule has 1 N–H and O–H groups in total. The fraction of sp³-hybridized carbons (Fsp3) is 0.417. The zero-order valence-corrected chi connectivity index (χ0v) is 10.3. The van der Waals surface area contributed by atoms with E-state index in [2.05, 4.69) is 5.32 Å². The largest absolute Gasteiger partial charge is 0.352 e. The summed E-state index contributed by atoms with van der Waals surface area (Å²) in [6, 6.07) is 5.66. The molecule has 0 aliphatic heterocycles. The summed E-state index contributed by atoms with van der Waals surface area (Å²) in [5.74, 6) is -0.573. The van der Waals surface area contributed by atoms with E-state index in [1.807, 2.05) is 0 Å². The highest BCUT2D eigenvalue weighted by Crippen LogP contribution is 2.20. The van der Waals surface area contributed by atoms with Crippen molar-refractivity contribution in [2.24, 2.45) is 0 Å². The summed E-state index contributed by atoms with van der Waals surface area (Å²) in [7, 11) is -1.43. The van der Waals surface area contributed by atoms with Crippen LogP contribution in [-0.4, -0.2) is 21.4 Å². The van der Waals surface area contributed by atoms with Gasteiger partial charge in [-0.25, -0.2) is 4.39 Å². The van der Waals surface area contributed by atoms with E-state index in [0.717, 1.165) is 12.8 Å². The Bertz CT molecular complexity index is 442. The van der Waals surface area contributed by atoms with Crippen molar-refractivity contribution in [2.75, 3.05) is 0 Å². The third-order valence-electron chi connectivity index (χ3n) is 2.66. The minimum atomic E-state index is -1.43. The Balaban J connectivity index is 2.02. The van der Waals surface area contributed by atoms with Gasteiger partial charge >= 0.3 is 0 Å². The van der Waals surface area contributed by atoms with Gasteiger partial charge in [0, 0.05) is 10.9 Å². The maximum absolute atomic E-state index is 12.7. The van der Waals surface area contributed by atoms with Gasteiger partial charge in [0.1, 0.15) is 11.1 Å². The number of benzene rings is 1. The van der Waals surface area contributed by atoms with Crippen LogP contribution in [0.15, 0.2) is 29.2 Å². The molecule has 2 atom stereocenters. The summed E-state index contributed by atoms with van der Waals surface area (Å²) < 4.78 is 24.7. The Labute approximate surface area is 102 Å². The topological polar surface area (TPSA) is 46.2 Å². The fourth-order valence-electron chi connectivity index (χ4n) is 1.42. The number of amides is 1. The quantitative estimate of drug-likeness (QED) is 0.888. The minimum absolute atomic E-state index is 0.199. The van der Waals surface area contributed by atoms with E-state index in [9.17, 15) is 13.4 Å². The van der Waals surface area contributed by atoms with E-state index in [1.54, 1.807) is 6.92 Å². The summed E-state index contributed by atoms with van der Waals surface area (Å²) in [5, 5.41) is 2.20. The summed E-state index contributed by atoms with van der Waals surface area (Å²) in [4.78, 5) is 12.2. The SMILES string of the molecule is CC(C(=O)NC1CC1)S(=O)c1ccc(F)cc1. The Kier molecular flexibility index (Phi) is 3.57. The van der Waals surface area contributed by atoms with E-state index in [4.69, 9.17) is 0 Å². The standard InChI is InChI=1S/C12H14FNO2S/c1-8(12(15)14-10-4-5-10)17(16)11-6-2-9(13)3-7-11/h2-3,6-8,10H,4-5H2,1H3,(H,14,15). The molecule has 3 nitrogen and oxygen atoms in total. The zero-order valence-electron chi connectivity index (χ0n) is 9.48. The van der Waals surface area contributed by atoms with Crippen molar-refractivity contribution in [1.29, 1.82) is 0 Å². The average molecular weight is 255 g/mol. The van der Waals surface area contributed by atoms with Gasteiger partial charge in [0.05, 0.1) is 10.8 Å². The Morgan fingerprint density at radius 3 is 2.53 bits per heavy atom. The molecule has 0 saturated heterocycles. The van der Waals surface area contributed by atoms with E-state index in [1.165, 1.54) is 24.3 Å². The molecule has 2 rings (SSSR count). The van der Waals surface area contributed by atoms with Gasteiger partial charge < -0.3 is 5.32 Å². The third kappa shape index (κ3) is 3.12. The molecule has 0 bridgehead atoms. The monoisotopic (exact) mass is 255 g/mol. The Hall–Kier alpha value is -1.23. The van der Waals surface area contributed by atoms with Gasteiger partial charge in [0.25, 0.3) is 0 Å². The van der Waals surface area contributed by atoms with Crippen molar-refractivity contribution in [1.82, 2.24) is 5.32 Å². The molecule has 1 aromatic carbocycles. The third-order valence-corrected chi connectivity index (χ3v) is 4.25. The van der Waals surface area contributed by atoms with Crippen molar-refractivity contribution in [3.8, 4) is 0 Å². The Morgan fingerprint density at radius 2 is 2.00 bits per heavy atom. The molecule has 1 fully saturated rings. The molecule has 1 amide bonds. The molecule has 17 heavy (non-hydrogen) atoms. The highest BCUT2D eigenvalue weighted by Gasteiger charge is 2.28. The normalized spacial score (nSPS) is 18.5. The summed E-state index contributed by atoms with van der Waals surface area (Å²) in [5.41, 5.74) is 0. The van der Waals surface area contributed by atoms with Crippen LogP contribution in [0, 0.1) is 5.82 Å². The van der Waals surface area contributed by atoms with Crippen LogP contribution in [-0.2, 0) is 15.6 Å². The highest BCUT2D eigenvalue weighted by molar-refractivity contribution is 7.86. The van der Waals surface area contributed by atoms with Gasteiger partial charge in [-0.1, -0.05) is 0 Å². The van der Waals surface area contributed by atoms with Crippen LogP contribution in [0.25, 0.3) is 0 Å². The molecule has 1 saturated carbocycles. The van der Waals surface area contributed by atoms with Crippen LogP contribution in [0.4, 0.5) is 4.39 Å². The summed E-state index contributed by atoms with van der Waals surface area (Å²) >= 11 is 0. The summed E-state index contributed by atoms with van der Waals surface area (Å²) in [6.45, 7) is 1.62. The molecule has 92 valence electrons. The number of nitrogens with one attached hydrogen (secondary N) is 1. The lowest BCUT2D eigenvalue weighted by Gasteiger charge is -2.11. The number of hydrogen-bond acceptors (Lipinski definition) is 2. The molecular weight excluding hydrogens is 241 g/mol. The van der Waals surface area contributed by atoms with Crippen LogP contribution in [0.1, 0.15) is 19.8 Å². The number of carbonyl (C=O) groups excluding carboxylic acids is 1.